The Bertz CT molecular complexity index is 1520. The van der Waals surface area contributed by atoms with Crippen molar-refractivity contribution in [3.8, 4) is 0 Å². The second-order valence-corrected chi connectivity index (χ2v) is 24.5. The highest BCUT2D eigenvalue weighted by atomic mass is 16.6. The summed E-state index contributed by atoms with van der Waals surface area (Å²) in [5.41, 5.74) is 0. The van der Waals surface area contributed by atoms with Crippen molar-refractivity contribution in [1.82, 2.24) is 0 Å². The highest BCUT2D eigenvalue weighted by Crippen LogP contribution is 2.18. The fourth-order valence-corrected chi connectivity index (χ4v) is 10.7. The SMILES string of the molecule is CC/C=C\C/C=C\C/C=C\C/C=C\CCCCCCCCCCCCCCCCCCCCCCC(=O)OCC(COC(=O)CCCCCCC/C=C\CCCC)OC(=O)CCCCCCCCCCC/C=C\CCCCCCCCCC. The van der Waals surface area contributed by atoms with Gasteiger partial charge < -0.3 is 14.2 Å². The first-order valence-corrected chi connectivity index (χ1v) is 36.4. The molecule has 1 atom stereocenters. The molecule has 0 heterocycles. The van der Waals surface area contributed by atoms with Crippen LogP contribution in [-0.4, -0.2) is 37.2 Å². The van der Waals surface area contributed by atoms with Gasteiger partial charge in [0.15, 0.2) is 6.10 Å². The molecule has 83 heavy (non-hydrogen) atoms. The van der Waals surface area contributed by atoms with Crippen LogP contribution < -0.4 is 0 Å². The van der Waals surface area contributed by atoms with Gasteiger partial charge in [0, 0.05) is 19.3 Å². The predicted molar refractivity (Wildman–Crippen MR) is 362 cm³/mol. The molecule has 0 amide bonds. The average Bonchev–Trinajstić information content (AvgIpc) is 3.48. The first-order chi connectivity index (χ1) is 41.0. The van der Waals surface area contributed by atoms with Crippen molar-refractivity contribution in [2.75, 3.05) is 13.2 Å². The lowest BCUT2D eigenvalue weighted by Crippen LogP contribution is -2.30. The summed E-state index contributed by atoms with van der Waals surface area (Å²) in [4.78, 5) is 38.4. The van der Waals surface area contributed by atoms with Crippen LogP contribution in [0.4, 0.5) is 0 Å². The van der Waals surface area contributed by atoms with Gasteiger partial charge >= 0.3 is 17.9 Å². The Morgan fingerprint density at radius 1 is 0.253 bits per heavy atom. The van der Waals surface area contributed by atoms with Gasteiger partial charge in [0.05, 0.1) is 0 Å². The molecule has 6 nitrogen and oxygen atoms in total. The Morgan fingerprint density at radius 3 is 0.783 bits per heavy atom. The number of rotatable bonds is 67. The number of hydrogen-bond acceptors (Lipinski definition) is 6. The van der Waals surface area contributed by atoms with Crippen molar-refractivity contribution >= 4 is 17.9 Å². The molecule has 0 saturated heterocycles. The topological polar surface area (TPSA) is 78.9 Å². The molecule has 0 spiro atoms. The Balaban J connectivity index is 4.12. The minimum Gasteiger partial charge on any atom is -0.462 e. The molecule has 0 radical (unpaired) electrons. The number of ether oxygens (including phenoxy) is 3. The van der Waals surface area contributed by atoms with E-state index >= 15 is 0 Å². The molecule has 0 saturated carbocycles. The van der Waals surface area contributed by atoms with Gasteiger partial charge in [0.2, 0.25) is 0 Å². The fourth-order valence-electron chi connectivity index (χ4n) is 10.7. The van der Waals surface area contributed by atoms with E-state index in [9.17, 15) is 14.4 Å². The monoisotopic (exact) mass is 1160 g/mol. The van der Waals surface area contributed by atoms with Gasteiger partial charge in [-0.05, 0) is 103 Å². The van der Waals surface area contributed by atoms with Gasteiger partial charge in [-0.2, -0.15) is 0 Å². The lowest BCUT2D eigenvalue weighted by Gasteiger charge is -2.18. The van der Waals surface area contributed by atoms with Crippen molar-refractivity contribution < 1.29 is 28.6 Å². The zero-order chi connectivity index (χ0) is 59.9. The van der Waals surface area contributed by atoms with Gasteiger partial charge in [-0.3, -0.25) is 14.4 Å². The third-order valence-electron chi connectivity index (χ3n) is 16.2. The molecular formula is C77H138O6. The van der Waals surface area contributed by atoms with Crippen molar-refractivity contribution in [2.24, 2.45) is 0 Å². The molecule has 0 aromatic heterocycles. The van der Waals surface area contributed by atoms with E-state index in [1.54, 1.807) is 0 Å². The summed E-state index contributed by atoms with van der Waals surface area (Å²) in [7, 11) is 0. The lowest BCUT2D eigenvalue weighted by atomic mass is 10.0. The maximum atomic E-state index is 12.9. The predicted octanol–water partition coefficient (Wildman–Crippen LogP) is 25.2. The van der Waals surface area contributed by atoms with Crippen LogP contribution in [0.15, 0.2) is 72.9 Å². The maximum Gasteiger partial charge on any atom is 0.306 e. The van der Waals surface area contributed by atoms with E-state index in [4.69, 9.17) is 14.2 Å². The third kappa shape index (κ3) is 69.5. The van der Waals surface area contributed by atoms with Gasteiger partial charge in [0.1, 0.15) is 13.2 Å². The smallest absolute Gasteiger partial charge is 0.306 e. The van der Waals surface area contributed by atoms with E-state index in [-0.39, 0.29) is 31.1 Å². The van der Waals surface area contributed by atoms with Crippen molar-refractivity contribution in [3.63, 3.8) is 0 Å². The quantitative estimate of drug-likeness (QED) is 0.0261. The number of esters is 3. The average molecular weight is 1160 g/mol. The number of unbranched alkanes of at least 4 members (excludes halogenated alkanes) is 44. The van der Waals surface area contributed by atoms with Gasteiger partial charge in [-0.15, -0.1) is 0 Å². The van der Waals surface area contributed by atoms with Crippen LogP contribution in [0, 0.1) is 0 Å². The molecule has 0 aromatic carbocycles. The van der Waals surface area contributed by atoms with Crippen LogP contribution in [0.5, 0.6) is 0 Å². The molecule has 0 aliphatic carbocycles. The largest absolute Gasteiger partial charge is 0.462 e. The molecule has 0 fully saturated rings. The Hall–Kier alpha value is -3.15. The summed E-state index contributed by atoms with van der Waals surface area (Å²) in [5.74, 6) is -0.863. The molecule has 482 valence electrons. The van der Waals surface area contributed by atoms with Crippen LogP contribution in [0.1, 0.15) is 380 Å². The van der Waals surface area contributed by atoms with Gasteiger partial charge in [-0.25, -0.2) is 0 Å². The third-order valence-corrected chi connectivity index (χ3v) is 16.2. The van der Waals surface area contributed by atoms with Crippen LogP contribution in [0.3, 0.4) is 0 Å². The lowest BCUT2D eigenvalue weighted by molar-refractivity contribution is -0.167. The Labute approximate surface area is 516 Å². The summed E-state index contributed by atoms with van der Waals surface area (Å²) in [5, 5.41) is 0. The van der Waals surface area contributed by atoms with E-state index in [2.05, 4.69) is 93.7 Å². The number of hydrogen-bond donors (Lipinski definition) is 0. The van der Waals surface area contributed by atoms with Gasteiger partial charge in [0.25, 0.3) is 0 Å². The highest BCUT2D eigenvalue weighted by molar-refractivity contribution is 5.71. The first kappa shape index (κ1) is 79.8. The highest BCUT2D eigenvalue weighted by Gasteiger charge is 2.19. The number of allylic oxidation sites excluding steroid dienone is 12. The molecule has 6 heteroatoms. The Kier molecular flexibility index (Phi) is 68.6. The van der Waals surface area contributed by atoms with Crippen LogP contribution >= 0.6 is 0 Å². The molecule has 1 unspecified atom stereocenters. The zero-order valence-electron chi connectivity index (χ0n) is 55.5. The summed E-state index contributed by atoms with van der Waals surface area (Å²) in [6, 6.07) is 0. The van der Waals surface area contributed by atoms with Crippen LogP contribution in [-0.2, 0) is 28.6 Å². The number of carbonyl (C=O) groups is 3. The summed E-state index contributed by atoms with van der Waals surface area (Å²) in [6.45, 7) is 6.54. The second-order valence-electron chi connectivity index (χ2n) is 24.5. The molecule has 0 aliphatic heterocycles. The minimum atomic E-state index is -0.778. The summed E-state index contributed by atoms with van der Waals surface area (Å²) < 4.78 is 17.0. The van der Waals surface area contributed by atoms with Crippen molar-refractivity contribution in [3.05, 3.63) is 72.9 Å². The molecule has 0 rings (SSSR count). The van der Waals surface area contributed by atoms with Gasteiger partial charge in [-0.1, -0.05) is 331 Å². The summed E-state index contributed by atoms with van der Waals surface area (Å²) >= 11 is 0. The van der Waals surface area contributed by atoms with E-state index in [1.165, 1.54) is 250 Å². The first-order valence-electron chi connectivity index (χ1n) is 36.4. The van der Waals surface area contributed by atoms with E-state index < -0.39 is 6.10 Å². The normalized spacial score (nSPS) is 12.5. The van der Waals surface area contributed by atoms with Crippen molar-refractivity contribution in [2.45, 2.75) is 386 Å². The van der Waals surface area contributed by atoms with E-state index in [0.29, 0.717) is 19.3 Å². The maximum absolute atomic E-state index is 12.9. The Morgan fingerprint density at radius 2 is 0.482 bits per heavy atom. The molecule has 0 aromatic rings. The summed E-state index contributed by atoms with van der Waals surface area (Å²) in [6.07, 6.45) is 93.8. The molecule has 0 bridgehead atoms. The standard InChI is InChI=1S/C77H138O6/c1-4-7-10-13-16-19-22-24-26-28-30-32-33-34-35-36-37-38-39-40-41-42-43-45-46-48-50-52-55-58-61-64-67-70-76(79)82-73-74(72-81-75(78)69-66-63-60-57-54-21-18-15-12-9-6-3)83-77(80)71-68-65-62-59-56-53-51-49-47-44-31-29-27-25-23-20-17-14-11-8-5-2/h7,10,15-16,18-19,24,26,29-32,74H,4-6,8-9,11-14,17,20-23,25,27-28,33-73H2,1-3H3/b10-7-,18-15-,19-16-,26-24-,31-29-,32-30-. The molecule has 0 aliphatic rings. The zero-order valence-corrected chi connectivity index (χ0v) is 55.5. The molecular weight excluding hydrogens is 1020 g/mol. The van der Waals surface area contributed by atoms with Crippen LogP contribution in [0.2, 0.25) is 0 Å². The fraction of sp³-hybridized carbons (Fsp3) is 0.805. The minimum absolute atomic E-state index is 0.0738. The van der Waals surface area contributed by atoms with Crippen LogP contribution in [0.25, 0.3) is 0 Å². The van der Waals surface area contributed by atoms with Crippen molar-refractivity contribution in [1.29, 1.82) is 0 Å². The second kappa shape index (κ2) is 71.3. The number of carbonyl (C=O) groups excluding carboxylic acids is 3. The van der Waals surface area contributed by atoms with E-state index in [1.807, 2.05) is 0 Å². The molecule has 0 N–H and O–H groups in total. The van der Waals surface area contributed by atoms with E-state index in [0.717, 1.165) is 89.9 Å².